The number of H-pyrrole nitrogens is 1. The molecule has 0 bridgehead atoms. The van der Waals surface area contributed by atoms with Gasteiger partial charge in [-0.15, -0.1) is 0 Å². The monoisotopic (exact) mass is 350 g/mol. The Balaban J connectivity index is 1.64. The number of carbonyl (C=O) groups excluding carboxylic acids is 1. The summed E-state index contributed by atoms with van der Waals surface area (Å²) in [6.07, 6.45) is 0.725. The highest BCUT2D eigenvalue weighted by molar-refractivity contribution is 6.31. The lowest BCUT2D eigenvalue weighted by Gasteiger charge is -2.34. The number of carboxylic acid groups (broad SMARTS) is 1. The van der Waals surface area contributed by atoms with Crippen LogP contribution in [-0.2, 0) is 0 Å². The molecule has 0 aliphatic heterocycles. The minimum Gasteiger partial charge on any atom is -0.465 e. The average molecular weight is 351 g/mol. The molecule has 3 atom stereocenters. The maximum absolute atomic E-state index is 12.4. The van der Waals surface area contributed by atoms with Crippen LogP contribution in [0.15, 0.2) is 24.3 Å². The Kier molecular flexibility index (Phi) is 4.64. The van der Waals surface area contributed by atoms with Gasteiger partial charge >= 0.3 is 6.09 Å². The predicted molar refractivity (Wildman–Crippen MR) is 91.3 cm³/mol. The number of hydrogen-bond donors (Lipinski definition) is 5. The number of hydrogen-bond acceptors (Lipinski definition) is 3. The first-order valence-corrected chi connectivity index (χ1v) is 8.14. The third kappa shape index (κ3) is 3.63. The van der Waals surface area contributed by atoms with Crippen molar-refractivity contribution < 1.29 is 14.7 Å². The summed E-state index contributed by atoms with van der Waals surface area (Å²) in [4.78, 5) is 26.2. The maximum Gasteiger partial charge on any atom is 0.404 e. The van der Waals surface area contributed by atoms with Gasteiger partial charge in [-0.05, 0) is 43.5 Å². The zero-order valence-electron chi connectivity index (χ0n) is 12.9. The number of nitrogens with two attached hydrogens (primary N) is 1. The van der Waals surface area contributed by atoms with E-state index >= 15 is 0 Å². The molecule has 1 saturated carbocycles. The first kappa shape index (κ1) is 16.6. The van der Waals surface area contributed by atoms with E-state index in [9.17, 15) is 9.59 Å². The van der Waals surface area contributed by atoms with Crippen LogP contribution in [-0.4, -0.2) is 40.2 Å². The lowest BCUT2D eigenvalue weighted by Crippen LogP contribution is -2.54. The van der Waals surface area contributed by atoms with Gasteiger partial charge in [0, 0.05) is 34.1 Å². The van der Waals surface area contributed by atoms with E-state index < -0.39 is 6.09 Å². The topological polar surface area (TPSA) is 120 Å². The minimum absolute atomic E-state index is 0.166. The first-order valence-electron chi connectivity index (χ1n) is 7.76. The highest BCUT2D eigenvalue weighted by Gasteiger charge is 2.30. The van der Waals surface area contributed by atoms with E-state index in [2.05, 4.69) is 15.6 Å². The van der Waals surface area contributed by atoms with Gasteiger partial charge in [0.15, 0.2) is 0 Å². The van der Waals surface area contributed by atoms with Crippen molar-refractivity contribution in [3.8, 4) is 0 Å². The number of aromatic nitrogens is 1. The third-order valence-corrected chi connectivity index (χ3v) is 4.61. The van der Waals surface area contributed by atoms with Crippen LogP contribution in [0.3, 0.4) is 0 Å². The van der Waals surface area contributed by atoms with Crippen LogP contribution in [0, 0.1) is 0 Å². The van der Waals surface area contributed by atoms with Crippen LogP contribution in [0.2, 0.25) is 5.02 Å². The second-order valence-corrected chi connectivity index (χ2v) is 6.55. The fourth-order valence-electron chi connectivity index (χ4n) is 3.16. The highest BCUT2D eigenvalue weighted by Crippen LogP contribution is 2.21. The van der Waals surface area contributed by atoms with Gasteiger partial charge < -0.3 is 26.5 Å². The molecule has 1 aliphatic rings. The molecule has 8 heteroatoms. The second kappa shape index (κ2) is 6.70. The molecule has 2 amide bonds. The number of benzene rings is 1. The summed E-state index contributed by atoms with van der Waals surface area (Å²) < 4.78 is 0. The molecule has 2 aromatic rings. The second-order valence-electron chi connectivity index (χ2n) is 6.12. The molecule has 6 N–H and O–H groups in total. The van der Waals surface area contributed by atoms with Crippen LogP contribution < -0.4 is 16.4 Å². The van der Waals surface area contributed by atoms with Gasteiger partial charge in [-0.2, -0.15) is 0 Å². The molecule has 1 aromatic heterocycles. The quantitative estimate of drug-likeness (QED) is 0.582. The van der Waals surface area contributed by atoms with Crippen LogP contribution in [0.25, 0.3) is 10.9 Å². The van der Waals surface area contributed by atoms with E-state index in [1.807, 2.05) is 6.07 Å². The average Bonchev–Trinajstić information content (AvgIpc) is 2.92. The van der Waals surface area contributed by atoms with Gasteiger partial charge in [0.1, 0.15) is 5.69 Å². The molecule has 7 nitrogen and oxygen atoms in total. The van der Waals surface area contributed by atoms with Crippen LogP contribution in [0.4, 0.5) is 4.79 Å². The highest BCUT2D eigenvalue weighted by atomic mass is 35.5. The molecular weight excluding hydrogens is 332 g/mol. The van der Waals surface area contributed by atoms with Gasteiger partial charge in [-0.3, -0.25) is 4.79 Å². The Morgan fingerprint density at radius 3 is 2.75 bits per heavy atom. The number of aromatic amines is 1. The predicted octanol–water partition coefficient (Wildman–Crippen LogP) is 2.07. The number of amides is 2. The summed E-state index contributed by atoms with van der Waals surface area (Å²) >= 11 is 5.95. The van der Waals surface area contributed by atoms with Crippen molar-refractivity contribution in [2.45, 2.75) is 37.4 Å². The zero-order chi connectivity index (χ0) is 17.3. The molecule has 128 valence electrons. The van der Waals surface area contributed by atoms with E-state index in [4.69, 9.17) is 22.4 Å². The number of carbonyl (C=O) groups is 2. The summed E-state index contributed by atoms with van der Waals surface area (Å²) in [6.45, 7) is 0. The lowest BCUT2D eigenvalue weighted by molar-refractivity contribution is 0.0911. The molecule has 24 heavy (non-hydrogen) atoms. The van der Waals surface area contributed by atoms with Crippen molar-refractivity contribution in [1.82, 2.24) is 15.6 Å². The summed E-state index contributed by atoms with van der Waals surface area (Å²) in [5, 5.41) is 15.6. The lowest BCUT2D eigenvalue weighted by atomic mass is 9.87. The van der Waals surface area contributed by atoms with Crippen molar-refractivity contribution in [1.29, 1.82) is 0 Å². The molecule has 0 radical (unpaired) electrons. The Hall–Kier alpha value is -2.25. The van der Waals surface area contributed by atoms with Crippen molar-refractivity contribution in [3.05, 3.63) is 35.0 Å². The fourth-order valence-corrected chi connectivity index (χ4v) is 3.34. The van der Waals surface area contributed by atoms with Gasteiger partial charge in [0.2, 0.25) is 0 Å². The third-order valence-electron chi connectivity index (χ3n) is 4.37. The van der Waals surface area contributed by atoms with E-state index in [-0.39, 0.29) is 24.0 Å². The van der Waals surface area contributed by atoms with Crippen LogP contribution in [0.5, 0.6) is 0 Å². The SMILES string of the molecule is NC1CC(NC(=O)O)CCC1NC(=O)c1cc2cc(Cl)ccc2[nH]1. The first-order chi connectivity index (χ1) is 11.4. The molecule has 1 aliphatic carbocycles. The zero-order valence-corrected chi connectivity index (χ0v) is 13.6. The van der Waals surface area contributed by atoms with Crippen molar-refractivity contribution in [2.24, 2.45) is 5.73 Å². The molecule has 0 spiro atoms. The summed E-state index contributed by atoms with van der Waals surface area (Å²) in [5.41, 5.74) is 7.38. The largest absolute Gasteiger partial charge is 0.465 e. The van der Waals surface area contributed by atoms with Crippen molar-refractivity contribution in [3.63, 3.8) is 0 Å². The van der Waals surface area contributed by atoms with Crippen LogP contribution in [0.1, 0.15) is 29.8 Å². The Bertz CT molecular complexity index is 776. The number of rotatable bonds is 3. The number of nitrogens with one attached hydrogen (secondary N) is 3. The Labute approximate surface area is 143 Å². The Morgan fingerprint density at radius 1 is 1.25 bits per heavy atom. The standard InChI is InChI=1S/C16H19ClN4O3/c17-9-1-3-12-8(5-9)6-14(20-12)15(22)21-13-4-2-10(7-11(13)18)19-16(23)24/h1,3,5-6,10-11,13,19-20H,2,4,7,18H2,(H,21,22)(H,23,24). The molecule has 1 heterocycles. The molecule has 3 unspecified atom stereocenters. The van der Waals surface area contributed by atoms with Crippen LogP contribution >= 0.6 is 11.6 Å². The Morgan fingerprint density at radius 2 is 2.04 bits per heavy atom. The normalized spacial score (nSPS) is 23.8. The minimum atomic E-state index is -1.05. The van der Waals surface area contributed by atoms with E-state index in [0.717, 1.165) is 10.9 Å². The van der Waals surface area contributed by atoms with E-state index in [0.29, 0.717) is 30.0 Å². The summed E-state index contributed by atoms with van der Waals surface area (Å²) in [7, 11) is 0. The van der Waals surface area contributed by atoms with E-state index in [1.54, 1.807) is 18.2 Å². The van der Waals surface area contributed by atoms with Gasteiger partial charge in [-0.1, -0.05) is 11.6 Å². The van der Waals surface area contributed by atoms with Crippen molar-refractivity contribution in [2.75, 3.05) is 0 Å². The molecular formula is C16H19ClN4O3. The van der Waals surface area contributed by atoms with E-state index in [1.165, 1.54) is 0 Å². The number of fused-ring (bicyclic) bond motifs is 1. The summed E-state index contributed by atoms with van der Waals surface area (Å²) in [6, 6.07) is 6.48. The number of halogens is 1. The van der Waals surface area contributed by atoms with Crippen molar-refractivity contribution >= 4 is 34.5 Å². The van der Waals surface area contributed by atoms with Gasteiger partial charge in [0.25, 0.3) is 5.91 Å². The maximum atomic E-state index is 12.4. The van der Waals surface area contributed by atoms with Gasteiger partial charge in [0.05, 0.1) is 0 Å². The molecule has 3 rings (SSSR count). The smallest absolute Gasteiger partial charge is 0.404 e. The molecule has 0 saturated heterocycles. The molecule has 1 aromatic carbocycles. The van der Waals surface area contributed by atoms with Gasteiger partial charge in [-0.25, -0.2) is 4.79 Å². The summed E-state index contributed by atoms with van der Waals surface area (Å²) in [5.74, 6) is -0.229. The fraction of sp³-hybridized carbons (Fsp3) is 0.375. The molecule has 1 fully saturated rings.